The van der Waals surface area contributed by atoms with Crippen LogP contribution in [0, 0.1) is 0 Å². The van der Waals surface area contributed by atoms with Crippen LogP contribution in [0.4, 0.5) is 0 Å². The second-order valence-electron chi connectivity index (χ2n) is 9.87. The Morgan fingerprint density at radius 3 is 2.56 bits per heavy atom. The molecule has 3 aliphatic rings. The minimum atomic E-state index is -0.0455. The van der Waals surface area contributed by atoms with Crippen molar-refractivity contribution in [3.8, 4) is 11.5 Å². The molecule has 1 aliphatic carbocycles. The quantitative estimate of drug-likeness (QED) is 0.205. The van der Waals surface area contributed by atoms with Gasteiger partial charge in [0.1, 0.15) is 4.32 Å². The SMILES string of the molecule is COc1cc(/C=C2\SC(=S)N(CCCCCC(=O)N3CCCCC3)C2=O)ccc1OC1CCCCC1. The van der Waals surface area contributed by atoms with Crippen molar-refractivity contribution in [1.29, 1.82) is 0 Å². The van der Waals surface area contributed by atoms with Gasteiger partial charge in [0.25, 0.3) is 5.91 Å². The lowest BCUT2D eigenvalue weighted by molar-refractivity contribution is -0.132. The third-order valence-corrected chi connectivity index (χ3v) is 8.56. The first-order chi connectivity index (χ1) is 17.5. The molecule has 2 heterocycles. The van der Waals surface area contributed by atoms with Crippen LogP contribution in [0.3, 0.4) is 0 Å². The van der Waals surface area contributed by atoms with Crippen LogP contribution in [0.5, 0.6) is 11.5 Å². The summed E-state index contributed by atoms with van der Waals surface area (Å²) in [6.07, 6.45) is 14.7. The number of amides is 2. The van der Waals surface area contributed by atoms with Crippen molar-refractivity contribution in [3.05, 3.63) is 28.7 Å². The van der Waals surface area contributed by atoms with Gasteiger partial charge in [-0.05, 0) is 81.6 Å². The van der Waals surface area contributed by atoms with Gasteiger partial charge in [-0.25, -0.2) is 0 Å². The summed E-state index contributed by atoms with van der Waals surface area (Å²) in [6.45, 7) is 2.41. The van der Waals surface area contributed by atoms with E-state index in [2.05, 4.69) is 0 Å². The van der Waals surface area contributed by atoms with E-state index in [0.717, 1.165) is 69.3 Å². The number of benzene rings is 1. The fourth-order valence-corrected chi connectivity index (χ4v) is 6.41. The van der Waals surface area contributed by atoms with E-state index in [1.165, 1.54) is 37.4 Å². The largest absolute Gasteiger partial charge is 0.493 e. The molecule has 0 N–H and O–H groups in total. The molecule has 0 bridgehead atoms. The smallest absolute Gasteiger partial charge is 0.266 e. The molecule has 196 valence electrons. The van der Waals surface area contributed by atoms with E-state index in [0.29, 0.717) is 27.9 Å². The minimum Gasteiger partial charge on any atom is -0.493 e. The number of unbranched alkanes of at least 4 members (excludes halogenated alkanes) is 2. The Morgan fingerprint density at radius 1 is 1.06 bits per heavy atom. The van der Waals surface area contributed by atoms with Gasteiger partial charge in [0.05, 0.1) is 18.1 Å². The lowest BCUT2D eigenvalue weighted by Crippen LogP contribution is -2.35. The third-order valence-electron chi connectivity index (χ3n) is 7.19. The highest BCUT2D eigenvalue weighted by molar-refractivity contribution is 8.26. The Labute approximate surface area is 224 Å². The predicted octanol–water partition coefficient (Wildman–Crippen LogP) is 6.18. The molecule has 0 spiro atoms. The van der Waals surface area contributed by atoms with Crippen LogP contribution in [0.15, 0.2) is 23.1 Å². The number of piperidine rings is 1. The molecule has 0 aromatic heterocycles. The third kappa shape index (κ3) is 7.25. The second kappa shape index (κ2) is 13.5. The number of carbonyl (C=O) groups is 2. The van der Waals surface area contributed by atoms with Crippen molar-refractivity contribution in [1.82, 2.24) is 9.80 Å². The van der Waals surface area contributed by atoms with Crippen LogP contribution in [-0.2, 0) is 9.59 Å². The van der Waals surface area contributed by atoms with Gasteiger partial charge in [0.2, 0.25) is 5.91 Å². The molecule has 8 heteroatoms. The molecule has 1 aromatic rings. The number of thiocarbonyl (C=S) groups is 1. The molecule has 0 radical (unpaired) electrons. The number of carbonyl (C=O) groups excluding carboxylic acids is 2. The van der Waals surface area contributed by atoms with Crippen molar-refractivity contribution in [2.24, 2.45) is 0 Å². The molecule has 36 heavy (non-hydrogen) atoms. The summed E-state index contributed by atoms with van der Waals surface area (Å²) >= 11 is 6.84. The number of hydrogen-bond donors (Lipinski definition) is 0. The molecule has 3 fully saturated rings. The normalized spacial score (nSPS) is 20.3. The van der Waals surface area contributed by atoms with E-state index in [4.69, 9.17) is 21.7 Å². The highest BCUT2D eigenvalue weighted by Crippen LogP contribution is 2.36. The van der Waals surface area contributed by atoms with Crippen LogP contribution < -0.4 is 9.47 Å². The van der Waals surface area contributed by atoms with E-state index in [9.17, 15) is 9.59 Å². The molecule has 2 aliphatic heterocycles. The van der Waals surface area contributed by atoms with Crippen molar-refractivity contribution < 1.29 is 19.1 Å². The zero-order valence-corrected chi connectivity index (χ0v) is 23.0. The van der Waals surface area contributed by atoms with E-state index in [1.807, 2.05) is 29.2 Å². The van der Waals surface area contributed by atoms with Gasteiger partial charge in [0.15, 0.2) is 11.5 Å². The number of hydrogen-bond acceptors (Lipinski definition) is 6. The summed E-state index contributed by atoms with van der Waals surface area (Å²) in [5.74, 6) is 1.67. The molecule has 0 atom stereocenters. The summed E-state index contributed by atoms with van der Waals surface area (Å²) in [6, 6.07) is 5.82. The fourth-order valence-electron chi connectivity index (χ4n) is 5.10. The standard InChI is InChI=1S/C28H38N2O4S2/c1-33-24-19-21(14-15-23(24)34-22-11-5-2-6-12-22)20-25-27(32)30(28(35)36-25)18-10-3-7-13-26(31)29-16-8-4-9-17-29/h14-15,19-20,22H,2-13,16-18H2,1H3/b25-20-. The highest BCUT2D eigenvalue weighted by atomic mass is 32.2. The molecule has 1 aromatic carbocycles. The number of methoxy groups -OCH3 is 1. The van der Waals surface area contributed by atoms with Gasteiger partial charge < -0.3 is 14.4 Å². The second-order valence-corrected chi connectivity index (χ2v) is 11.5. The van der Waals surface area contributed by atoms with Gasteiger partial charge in [-0.2, -0.15) is 0 Å². The van der Waals surface area contributed by atoms with Crippen molar-refractivity contribution in [2.75, 3.05) is 26.7 Å². The van der Waals surface area contributed by atoms with Crippen molar-refractivity contribution in [3.63, 3.8) is 0 Å². The Bertz CT molecular complexity index is 968. The zero-order chi connectivity index (χ0) is 25.3. The first-order valence-corrected chi connectivity index (χ1v) is 14.7. The van der Waals surface area contributed by atoms with Gasteiger partial charge in [-0.3, -0.25) is 14.5 Å². The summed E-state index contributed by atoms with van der Waals surface area (Å²) < 4.78 is 12.4. The maximum absolute atomic E-state index is 13.0. The van der Waals surface area contributed by atoms with Gasteiger partial charge in [0, 0.05) is 26.1 Å². The molecule has 1 saturated carbocycles. The lowest BCUT2D eigenvalue weighted by atomic mass is 9.98. The number of likely N-dealkylation sites (tertiary alicyclic amines) is 1. The maximum Gasteiger partial charge on any atom is 0.266 e. The van der Waals surface area contributed by atoms with Crippen LogP contribution in [0.2, 0.25) is 0 Å². The Hall–Kier alpha value is -2.06. The maximum atomic E-state index is 13.0. The van der Waals surface area contributed by atoms with Gasteiger partial charge in [-0.1, -0.05) is 42.9 Å². The Kier molecular flexibility index (Phi) is 10.1. The molecule has 2 saturated heterocycles. The monoisotopic (exact) mass is 530 g/mol. The van der Waals surface area contributed by atoms with Crippen molar-refractivity contribution >= 4 is 46.2 Å². The molecule has 0 unspecified atom stereocenters. The lowest BCUT2D eigenvalue weighted by Gasteiger charge is -2.26. The molecule has 6 nitrogen and oxygen atoms in total. The molecule has 2 amide bonds. The Balaban J connectivity index is 1.27. The average Bonchev–Trinajstić information content (AvgIpc) is 3.17. The topological polar surface area (TPSA) is 59.1 Å². The predicted molar refractivity (Wildman–Crippen MR) is 149 cm³/mol. The Morgan fingerprint density at radius 2 is 1.81 bits per heavy atom. The van der Waals surface area contributed by atoms with E-state index < -0.39 is 0 Å². The first-order valence-electron chi connectivity index (χ1n) is 13.4. The van der Waals surface area contributed by atoms with Crippen LogP contribution in [0.25, 0.3) is 6.08 Å². The summed E-state index contributed by atoms with van der Waals surface area (Å²) in [5.41, 5.74) is 0.888. The number of nitrogens with zero attached hydrogens (tertiary/aromatic N) is 2. The fraction of sp³-hybridized carbons (Fsp3) is 0.607. The van der Waals surface area contributed by atoms with Crippen LogP contribution in [0.1, 0.15) is 82.6 Å². The molecular weight excluding hydrogens is 492 g/mol. The summed E-state index contributed by atoms with van der Waals surface area (Å²) in [4.78, 5) is 29.7. The average molecular weight is 531 g/mol. The van der Waals surface area contributed by atoms with E-state index >= 15 is 0 Å². The molecular formula is C28H38N2O4S2. The minimum absolute atomic E-state index is 0.0455. The van der Waals surface area contributed by atoms with Gasteiger partial charge >= 0.3 is 0 Å². The first kappa shape index (κ1) is 27.0. The number of ether oxygens (including phenoxy) is 2. The van der Waals surface area contributed by atoms with Crippen molar-refractivity contribution in [2.45, 2.75) is 83.2 Å². The number of rotatable bonds is 10. The van der Waals surface area contributed by atoms with E-state index in [-0.39, 0.29) is 17.9 Å². The summed E-state index contributed by atoms with van der Waals surface area (Å²) in [7, 11) is 1.65. The van der Waals surface area contributed by atoms with Crippen LogP contribution in [-0.4, -0.2) is 58.8 Å². The van der Waals surface area contributed by atoms with E-state index in [1.54, 1.807) is 12.0 Å². The zero-order valence-electron chi connectivity index (χ0n) is 21.3. The highest BCUT2D eigenvalue weighted by Gasteiger charge is 2.31. The van der Waals surface area contributed by atoms with Crippen LogP contribution >= 0.6 is 24.0 Å². The number of thioether (sulfide) groups is 1. The van der Waals surface area contributed by atoms with Gasteiger partial charge in [-0.15, -0.1) is 0 Å². The summed E-state index contributed by atoms with van der Waals surface area (Å²) in [5, 5.41) is 0. The molecule has 4 rings (SSSR count).